The molecule has 6 heteroatoms. The van der Waals surface area contributed by atoms with E-state index in [-0.39, 0.29) is 18.4 Å². The number of nitrogens with zero attached hydrogens (tertiary/aromatic N) is 1. The normalized spacial score (nSPS) is 14.5. The van der Waals surface area contributed by atoms with Gasteiger partial charge >= 0.3 is 6.03 Å². The van der Waals surface area contributed by atoms with Gasteiger partial charge in [-0.15, -0.1) is 11.6 Å². The number of benzene rings is 1. The fraction of sp³-hybridized carbons (Fsp3) is 0.333. The summed E-state index contributed by atoms with van der Waals surface area (Å²) in [5.41, 5.74) is 1.52. The zero-order valence-corrected chi connectivity index (χ0v) is 10.5. The van der Waals surface area contributed by atoms with Crippen LogP contribution in [0.1, 0.15) is 6.42 Å². The van der Waals surface area contributed by atoms with E-state index in [9.17, 15) is 9.59 Å². The van der Waals surface area contributed by atoms with Crippen molar-refractivity contribution in [2.45, 2.75) is 6.42 Å². The molecule has 1 aliphatic rings. The van der Waals surface area contributed by atoms with E-state index in [4.69, 9.17) is 11.6 Å². The zero-order valence-electron chi connectivity index (χ0n) is 9.78. The van der Waals surface area contributed by atoms with Crippen molar-refractivity contribution < 1.29 is 9.59 Å². The van der Waals surface area contributed by atoms with Crippen molar-refractivity contribution in [1.82, 2.24) is 5.32 Å². The van der Waals surface area contributed by atoms with Crippen molar-refractivity contribution in [2.75, 3.05) is 29.2 Å². The first-order valence-electron chi connectivity index (χ1n) is 5.72. The van der Waals surface area contributed by atoms with Crippen molar-refractivity contribution in [3.8, 4) is 0 Å². The molecule has 1 aromatic carbocycles. The molecule has 1 saturated heterocycles. The molecule has 2 N–H and O–H groups in total. The SMILES string of the molecule is O=C(CCCl)Nc1ccc(N2CCNC2=O)cc1. The van der Waals surface area contributed by atoms with Crippen molar-refractivity contribution in [1.29, 1.82) is 0 Å². The summed E-state index contributed by atoms with van der Waals surface area (Å²) < 4.78 is 0. The van der Waals surface area contributed by atoms with E-state index in [0.29, 0.717) is 24.7 Å². The van der Waals surface area contributed by atoms with Gasteiger partial charge in [-0.05, 0) is 24.3 Å². The van der Waals surface area contributed by atoms with Gasteiger partial charge in [0.05, 0.1) is 0 Å². The Bertz CT molecular complexity index is 447. The Hall–Kier alpha value is -1.75. The van der Waals surface area contributed by atoms with E-state index < -0.39 is 0 Å². The summed E-state index contributed by atoms with van der Waals surface area (Å²) in [4.78, 5) is 24.4. The van der Waals surface area contributed by atoms with Crippen LogP contribution in [0, 0.1) is 0 Å². The lowest BCUT2D eigenvalue weighted by Gasteiger charge is -2.14. The van der Waals surface area contributed by atoms with E-state index in [2.05, 4.69) is 10.6 Å². The number of anilines is 2. The van der Waals surface area contributed by atoms with Crippen LogP contribution in [0.15, 0.2) is 24.3 Å². The maximum Gasteiger partial charge on any atom is 0.321 e. The number of amides is 3. The van der Waals surface area contributed by atoms with E-state index in [0.717, 1.165) is 5.69 Å². The second-order valence-electron chi connectivity index (χ2n) is 3.92. The second-order valence-corrected chi connectivity index (χ2v) is 4.30. The predicted octanol–water partition coefficient (Wildman–Crippen LogP) is 1.78. The van der Waals surface area contributed by atoms with Gasteiger partial charge in [0.15, 0.2) is 0 Å². The second kappa shape index (κ2) is 5.73. The highest BCUT2D eigenvalue weighted by Crippen LogP contribution is 2.19. The van der Waals surface area contributed by atoms with Crippen LogP contribution in [0.3, 0.4) is 0 Å². The summed E-state index contributed by atoms with van der Waals surface area (Å²) >= 11 is 5.48. The molecule has 0 spiro atoms. The highest BCUT2D eigenvalue weighted by molar-refractivity contribution is 6.19. The average Bonchev–Trinajstić information content (AvgIpc) is 2.77. The van der Waals surface area contributed by atoms with Crippen LogP contribution in [0.4, 0.5) is 16.2 Å². The van der Waals surface area contributed by atoms with Crippen LogP contribution < -0.4 is 15.5 Å². The minimum absolute atomic E-state index is 0.0890. The lowest BCUT2D eigenvalue weighted by Crippen LogP contribution is -2.27. The number of carbonyl (C=O) groups is 2. The van der Waals surface area contributed by atoms with E-state index in [1.54, 1.807) is 29.2 Å². The van der Waals surface area contributed by atoms with Crippen LogP contribution in [0.25, 0.3) is 0 Å². The predicted molar refractivity (Wildman–Crippen MR) is 71.2 cm³/mol. The number of urea groups is 1. The first-order chi connectivity index (χ1) is 8.70. The van der Waals surface area contributed by atoms with Crippen LogP contribution in [-0.4, -0.2) is 30.9 Å². The Morgan fingerprint density at radius 2 is 2.11 bits per heavy atom. The molecular weight excluding hydrogens is 254 g/mol. The summed E-state index contributed by atoms with van der Waals surface area (Å²) in [7, 11) is 0. The largest absolute Gasteiger partial charge is 0.336 e. The van der Waals surface area contributed by atoms with Crippen LogP contribution >= 0.6 is 11.6 Å². The molecule has 96 valence electrons. The molecule has 0 saturated carbocycles. The lowest BCUT2D eigenvalue weighted by atomic mass is 10.2. The average molecular weight is 268 g/mol. The monoisotopic (exact) mass is 267 g/mol. The topological polar surface area (TPSA) is 61.4 Å². The smallest absolute Gasteiger partial charge is 0.321 e. The fourth-order valence-electron chi connectivity index (χ4n) is 1.75. The van der Waals surface area contributed by atoms with Gasteiger partial charge in [0, 0.05) is 36.8 Å². The summed E-state index contributed by atoms with van der Waals surface area (Å²) in [6.45, 7) is 1.32. The van der Waals surface area contributed by atoms with Gasteiger partial charge < -0.3 is 10.6 Å². The molecule has 2 rings (SSSR count). The number of alkyl halides is 1. The Morgan fingerprint density at radius 3 is 2.67 bits per heavy atom. The third-order valence-corrected chi connectivity index (χ3v) is 2.83. The van der Waals surface area contributed by atoms with E-state index in [1.165, 1.54) is 0 Å². The summed E-state index contributed by atoms with van der Waals surface area (Å²) in [6.07, 6.45) is 0.290. The fourth-order valence-corrected chi connectivity index (χ4v) is 1.92. The van der Waals surface area contributed by atoms with Gasteiger partial charge in [0.1, 0.15) is 0 Å². The minimum Gasteiger partial charge on any atom is -0.336 e. The summed E-state index contributed by atoms with van der Waals surface area (Å²) in [5.74, 6) is 0.189. The van der Waals surface area contributed by atoms with Crippen molar-refractivity contribution >= 4 is 34.9 Å². The molecule has 0 aliphatic carbocycles. The molecule has 1 aromatic rings. The van der Waals surface area contributed by atoms with Gasteiger partial charge in [-0.25, -0.2) is 4.79 Å². The zero-order chi connectivity index (χ0) is 13.0. The Morgan fingerprint density at radius 1 is 1.39 bits per heavy atom. The molecule has 0 aromatic heterocycles. The first kappa shape index (κ1) is 12.7. The number of hydrogen-bond acceptors (Lipinski definition) is 2. The van der Waals surface area contributed by atoms with Crippen molar-refractivity contribution in [3.63, 3.8) is 0 Å². The van der Waals surface area contributed by atoms with Crippen molar-refractivity contribution in [2.24, 2.45) is 0 Å². The maximum atomic E-state index is 11.5. The Labute approximate surface area is 110 Å². The molecule has 3 amide bonds. The van der Waals surface area contributed by atoms with Crippen LogP contribution in [0.5, 0.6) is 0 Å². The molecule has 0 radical (unpaired) electrons. The van der Waals surface area contributed by atoms with Crippen LogP contribution in [-0.2, 0) is 4.79 Å². The van der Waals surface area contributed by atoms with E-state index >= 15 is 0 Å². The van der Waals surface area contributed by atoms with Gasteiger partial charge in [-0.2, -0.15) is 0 Å². The third-order valence-electron chi connectivity index (χ3n) is 2.64. The van der Waals surface area contributed by atoms with Gasteiger partial charge in [-0.1, -0.05) is 0 Å². The number of carbonyl (C=O) groups excluding carboxylic acids is 2. The molecule has 0 unspecified atom stereocenters. The van der Waals surface area contributed by atoms with E-state index in [1.807, 2.05) is 0 Å². The molecule has 5 nitrogen and oxygen atoms in total. The van der Waals surface area contributed by atoms with Crippen molar-refractivity contribution in [3.05, 3.63) is 24.3 Å². The maximum absolute atomic E-state index is 11.5. The summed E-state index contributed by atoms with van der Waals surface area (Å²) in [6, 6.07) is 7.07. The van der Waals surface area contributed by atoms with Crippen LogP contribution in [0.2, 0.25) is 0 Å². The van der Waals surface area contributed by atoms with Gasteiger partial charge in [0.2, 0.25) is 5.91 Å². The molecular formula is C12H14ClN3O2. The first-order valence-corrected chi connectivity index (χ1v) is 6.25. The molecule has 1 aliphatic heterocycles. The molecule has 0 atom stereocenters. The molecule has 0 bridgehead atoms. The number of hydrogen-bond donors (Lipinski definition) is 2. The quantitative estimate of drug-likeness (QED) is 0.817. The number of halogens is 1. The standard InChI is InChI=1S/C12H14ClN3O2/c13-6-5-11(17)15-9-1-3-10(4-2-9)16-8-7-14-12(16)18/h1-4H,5-8H2,(H,14,18)(H,15,17). The molecule has 18 heavy (non-hydrogen) atoms. The lowest BCUT2D eigenvalue weighted by molar-refractivity contribution is -0.115. The molecule has 1 heterocycles. The van der Waals surface area contributed by atoms with Gasteiger partial charge in [0.25, 0.3) is 0 Å². The third kappa shape index (κ3) is 2.92. The number of rotatable bonds is 4. The highest BCUT2D eigenvalue weighted by Gasteiger charge is 2.20. The molecule has 1 fully saturated rings. The Balaban J connectivity index is 2.01. The summed E-state index contributed by atoms with van der Waals surface area (Å²) in [5, 5.41) is 5.46. The number of nitrogens with one attached hydrogen (secondary N) is 2. The highest BCUT2D eigenvalue weighted by atomic mass is 35.5. The minimum atomic E-state index is -0.114. The van der Waals surface area contributed by atoms with Gasteiger partial charge in [-0.3, -0.25) is 9.69 Å². The Kier molecular flexibility index (Phi) is 4.04.